The van der Waals surface area contributed by atoms with Gasteiger partial charge in [0.25, 0.3) is 0 Å². The fourth-order valence-corrected chi connectivity index (χ4v) is 4.65. The molecule has 0 amide bonds. The molecule has 38 heavy (non-hydrogen) atoms. The van der Waals surface area contributed by atoms with Crippen LogP contribution in [-0.4, -0.2) is 59.0 Å². The summed E-state index contributed by atoms with van der Waals surface area (Å²) in [6.45, 7) is 5.61. The summed E-state index contributed by atoms with van der Waals surface area (Å²) < 4.78 is 16.4. The minimum absolute atomic E-state index is 0.0139. The minimum atomic E-state index is -1.61. The number of hydrogen-bond donors (Lipinski definition) is 4. The molecule has 2 aromatic rings. The Labute approximate surface area is 219 Å². The van der Waals surface area contributed by atoms with Crippen molar-refractivity contribution in [2.24, 2.45) is 0 Å². The Morgan fingerprint density at radius 3 is 2.34 bits per heavy atom. The van der Waals surface area contributed by atoms with E-state index in [1.54, 1.807) is 31.4 Å². The minimum Gasteiger partial charge on any atom is -0.507 e. The maximum Gasteiger partial charge on any atom is 0.194 e. The molecule has 0 bridgehead atoms. The lowest BCUT2D eigenvalue weighted by Gasteiger charge is -2.29. The van der Waals surface area contributed by atoms with Crippen LogP contribution in [0.1, 0.15) is 42.3 Å². The number of aromatic hydroxyl groups is 2. The van der Waals surface area contributed by atoms with Gasteiger partial charge in [0, 0.05) is 23.9 Å². The Hall–Kier alpha value is -4.31. The molecule has 0 unspecified atom stereocenters. The van der Waals surface area contributed by atoms with Gasteiger partial charge < -0.3 is 34.8 Å². The third kappa shape index (κ3) is 4.26. The molecule has 2 aliphatic rings. The van der Waals surface area contributed by atoms with E-state index in [2.05, 4.69) is 5.32 Å². The Morgan fingerprint density at radius 2 is 1.74 bits per heavy atom. The summed E-state index contributed by atoms with van der Waals surface area (Å²) in [5.41, 5.74) is -1.71. The predicted molar refractivity (Wildman–Crippen MR) is 136 cm³/mol. The highest BCUT2D eigenvalue weighted by Crippen LogP contribution is 2.57. The zero-order chi connectivity index (χ0) is 27.9. The molecular weight excluding hydrogens is 494 g/mol. The lowest BCUT2D eigenvalue weighted by Crippen LogP contribution is -2.42. The van der Waals surface area contributed by atoms with Crippen molar-refractivity contribution in [3.8, 4) is 28.7 Å². The molecule has 4 rings (SSSR count). The van der Waals surface area contributed by atoms with E-state index in [1.807, 2.05) is 0 Å². The number of allylic oxidation sites excluding steroid dienone is 4. The van der Waals surface area contributed by atoms with Crippen molar-refractivity contribution in [2.75, 3.05) is 20.3 Å². The standard InChI is InChI=1S/C28H29NO9/c1-13-24(33)22(15(3)30)26-23(25(13)34)28(4)20(38-26)10-19(32)21(27(28)35)14(2)29-11-16(31)12-37-18-8-6-17(36-5)7-9-18/h6-10,16,29,31,33-34H,11-12H2,1-5H3/b21-14+/t16-,28+/m1/s1. The van der Waals surface area contributed by atoms with Crippen LogP contribution < -0.4 is 19.5 Å². The summed E-state index contributed by atoms with van der Waals surface area (Å²) in [6, 6.07) is 6.85. The van der Waals surface area contributed by atoms with Gasteiger partial charge in [0.2, 0.25) is 0 Å². The molecule has 200 valence electrons. The maximum atomic E-state index is 13.8. The molecule has 0 fully saturated rings. The van der Waals surface area contributed by atoms with Gasteiger partial charge in [-0.3, -0.25) is 14.4 Å². The topological polar surface area (TPSA) is 152 Å². The second kappa shape index (κ2) is 9.86. The molecule has 1 aliphatic heterocycles. The van der Waals surface area contributed by atoms with E-state index >= 15 is 0 Å². The fourth-order valence-electron chi connectivity index (χ4n) is 4.65. The third-order valence-corrected chi connectivity index (χ3v) is 6.86. The van der Waals surface area contributed by atoms with Crippen molar-refractivity contribution in [2.45, 2.75) is 39.2 Å². The number of ketones is 3. The predicted octanol–water partition coefficient (Wildman–Crippen LogP) is 2.61. The number of nitrogens with one attached hydrogen (secondary N) is 1. The number of Topliss-reactive ketones (excluding diaryl/α,β-unsaturated/α-hetero) is 2. The van der Waals surface area contributed by atoms with Crippen molar-refractivity contribution < 1.29 is 43.9 Å². The summed E-state index contributed by atoms with van der Waals surface area (Å²) in [4.78, 5) is 39.0. The van der Waals surface area contributed by atoms with Gasteiger partial charge >= 0.3 is 0 Å². The number of fused-ring (bicyclic) bond motifs is 3. The molecule has 2 atom stereocenters. The highest BCUT2D eigenvalue weighted by molar-refractivity contribution is 6.31. The molecule has 0 spiro atoms. The lowest BCUT2D eigenvalue weighted by molar-refractivity contribution is -0.123. The van der Waals surface area contributed by atoms with E-state index in [4.69, 9.17) is 14.2 Å². The first-order valence-corrected chi connectivity index (χ1v) is 11.9. The Bertz CT molecular complexity index is 1400. The molecule has 10 nitrogen and oxygen atoms in total. The Morgan fingerprint density at radius 1 is 1.11 bits per heavy atom. The van der Waals surface area contributed by atoms with E-state index in [-0.39, 0.29) is 52.6 Å². The average Bonchev–Trinajstić information content (AvgIpc) is 3.17. The first-order chi connectivity index (χ1) is 17.9. The number of phenolic OH excluding ortho intramolecular Hbond substituents is 2. The van der Waals surface area contributed by atoms with Crippen LogP contribution in [0.5, 0.6) is 28.7 Å². The second-order valence-corrected chi connectivity index (χ2v) is 9.41. The van der Waals surface area contributed by atoms with Gasteiger partial charge in [-0.05, 0) is 52.0 Å². The molecule has 10 heteroatoms. The Balaban J connectivity index is 1.58. The van der Waals surface area contributed by atoms with Crippen LogP contribution in [0.4, 0.5) is 0 Å². The molecule has 1 heterocycles. The number of carbonyl (C=O) groups excluding carboxylic acids is 3. The number of methoxy groups -OCH3 is 1. The van der Waals surface area contributed by atoms with Crippen LogP contribution in [0, 0.1) is 6.92 Å². The second-order valence-electron chi connectivity index (χ2n) is 9.41. The van der Waals surface area contributed by atoms with Gasteiger partial charge in [0.1, 0.15) is 58.2 Å². The number of carbonyl (C=O) groups is 3. The van der Waals surface area contributed by atoms with Crippen molar-refractivity contribution in [1.29, 1.82) is 0 Å². The van der Waals surface area contributed by atoms with Crippen molar-refractivity contribution >= 4 is 17.3 Å². The molecule has 2 aromatic carbocycles. The average molecular weight is 524 g/mol. The zero-order valence-electron chi connectivity index (χ0n) is 21.7. The third-order valence-electron chi connectivity index (χ3n) is 6.86. The van der Waals surface area contributed by atoms with E-state index in [0.717, 1.165) is 6.08 Å². The van der Waals surface area contributed by atoms with Crippen LogP contribution in [0.15, 0.2) is 47.4 Å². The molecule has 4 N–H and O–H groups in total. The summed E-state index contributed by atoms with van der Waals surface area (Å²) in [6.07, 6.45) is 0.174. The fraction of sp³-hybridized carbons (Fsp3) is 0.321. The van der Waals surface area contributed by atoms with Crippen LogP contribution >= 0.6 is 0 Å². The summed E-state index contributed by atoms with van der Waals surface area (Å²) in [5.74, 6) is -1.64. The summed E-state index contributed by atoms with van der Waals surface area (Å²) >= 11 is 0. The normalized spacial score (nSPS) is 20.1. The van der Waals surface area contributed by atoms with Gasteiger partial charge in [0.05, 0.1) is 18.2 Å². The van der Waals surface area contributed by atoms with E-state index < -0.39 is 40.4 Å². The number of phenols is 2. The summed E-state index contributed by atoms with van der Waals surface area (Å²) in [5, 5.41) is 34.6. The molecule has 0 aromatic heterocycles. The van der Waals surface area contributed by atoms with E-state index in [1.165, 1.54) is 27.7 Å². The van der Waals surface area contributed by atoms with E-state index in [9.17, 15) is 29.7 Å². The number of aliphatic hydroxyl groups excluding tert-OH is 1. The molecule has 1 aliphatic carbocycles. The van der Waals surface area contributed by atoms with Crippen molar-refractivity contribution in [3.63, 3.8) is 0 Å². The summed E-state index contributed by atoms with van der Waals surface area (Å²) in [7, 11) is 1.55. The number of ether oxygens (including phenoxy) is 3. The molecule has 0 saturated carbocycles. The van der Waals surface area contributed by atoms with Crippen LogP contribution in [0.3, 0.4) is 0 Å². The monoisotopic (exact) mass is 523 g/mol. The highest BCUT2D eigenvalue weighted by Gasteiger charge is 2.56. The van der Waals surface area contributed by atoms with Crippen molar-refractivity contribution in [1.82, 2.24) is 5.32 Å². The number of rotatable bonds is 8. The first-order valence-electron chi connectivity index (χ1n) is 11.9. The van der Waals surface area contributed by atoms with Gasteiger partial charge in [-0.1, -0.05) is 0 Å². The van der Waals surface area contributed by atoms with Crippen LogP contribution in [0.2, 0.25) is 0 Å². The Kier molecular flexibility index (Phi) is 6.94. The number of hydrogen-bond acceptors (Lipinski definition) is 10. The molecular formula is C28H29NO9. The van der Waals surface area contributed by atoms with E-state index in [0.29, 0.717) is 11.5 Å². The molecule has 0 saturated heterocycles. The smallest absolute Gasteiger partial charge is 0.194 e. The van der Waals surface area contributed by atoms with Gasteiger partial charge in [-0.15, -0.1) is 0 Å². The number of benzene rings is 2. The number of aliphatic hydroxyl groups is 1. The van der Waals surface area contributed by atoms with Crippen molar-refractivity contribution in [3.05, 3.63) is 64.1 Å². The highest BCUT2D eigenvalue weighted by atomic mass is 16.5. The largest absolute Gasteiger partial charge is 0.507 e. The van der Waals surface area contributed by atoms with Crippen LogP contribution in [-0.2, 0) is 15.0 Å². The van der Waals surface area contributed by atoms with Gasteiger partial charge in [-0.2, -0.15) is 0 Å². The quantitative estimate of drug-likeness (QED) is 0.231. The van der Waals surface area contributed by atoms with Gasteiger partial charge in [0.15, 0.2) is 17.3 Å². The van der Waals surface area contributed by atoms with Crippen LogP contribution in [0.25, 0.3) is 0 Å². The SMILES string of the molecule is COc1ccc(OC[C@H](O)CN/C(C)=C2\C(=O)C=C3Oc4c(C(C)=O)c(O)c(C)c(O)c4[C@@]3(C)C2=O)cc1. The lowest BCUT2D eigenvalue weighted by atomic mass is 9.70. The first kappa shape index (κ1) is 26.7. The maximum absolute atomic E-state index is 13.8. The molecule has 0 radical (unpaired) electrons. The zero-order valence-corrected chi connectivity index (χ0v) is 21.7. The van der Waals surface area contributed by atoms with Gasteiger partial charge in [-0.25, -0.2) is 0 Å².